The van der Waals surface area contributed by atoms with Gasteiger partial charge in [0.15, 0.2) is 5.78 Å². The average molecular weight is 561 g/mol. The monoisotopic (exact) mass is 560 g/mol. The summed E-state index contributed by atoms with van der Waals surface area (Å²) in [6, 6.07) is 15.5. The van der Waals surface area contributed by atoms with Crippen LogP contribution in [0.1, 0.15) is 36.8 Å². The number of nitrogens with zero attached hydrogens (tertiary/aromatic N) is 2. The standard InChI is InChI=1S/C29H21ClN2O6S/c30-21-5-2-1-4-20(21)26(34)31(32-27(35)24-17-7-8-18(14-17)25(24)28(32)36)15-22(33)16-9-11-19(12-10-16)38-29(37)23-6-3-13-39-23/h1-13,17-18,24-25H,14-15H2/t17-,18+,24-,25+. The number of benzene rings is 2. The van der Waals surface area contributed by atoms with E-state index in [1.807, 2.05) is 12.2 Å². The molecule has 0 N–H and O–H groups in total. The van der Waals surface area contributed by atoms with Crippen LogP contribution in [0.3, 0.4) is 0 Å². The Morgan fingerprint density at radius 2 is 1.59 bits per heavy atom. The Morgan fingerprint density at radius 3 is 2.21 bits per heavy atom. The van der Waals surface area contributed by atoms with Gasteiger partial charge in [-0.05, 0) is 66.1 Å². The maximum Gasteiger partial charge on any atom is 0.353 e. The minimum absolute atomic E-state index is 0.0566. The largest absolute Gasteiger partial charge is 0.422 e. The summed E-state index contributed by atoms with van der Waals surface area (Å²) in [7, 11) is 0. The predicted molar refractivity (Wildman–Crippen MR) is 142 cm³/mol. The third-order valence-electron chi connectivity index (χ3n) is 7.43. The molecule has 3 aromatic rings. The van der Waals surface area contributed by atoms with E-state index in [0.29, 0.717) is 4.88 Å². The number of esters is 1. The first kappa shape index (κ1) is 25.2. The second kappa shape index (κ2) is 9.91. The number of allylic oxidation sites excluding steroid dienone is 2. The van der Waals surface area contributed by atoms with Crippen LogP contribution < -0.4 is 4.74 Å². The molecule has 0 unspecified atom stereocenters. The van der Waals surface area contributed by atoms with Crippen molar-refractivity contribution in [3.05, 3.63) is 99.2 Å². The van der Waals surface area contributed by atoms with E-state index in [4.69, 9.17) is 16.3 Å². The van der Waals surface area contributed by atoms with E-state index in [2.05, 4.69) is 0 Å². The van der Waals surface area contributed by atoms with Gasteiger partial charge in [0, 0.05) is 5.56 Å². The van der Waals surface area contributed by atoms with Crippen LogP contribution in [0.4, 0.5) is 0 Å². The number of hydrazine groups is 1. The fourth-order valence-electron chi connectivity index (χ4n) is 5.62. The highest BCUT2D eigenvalue weighted by Gasteiger charge is 2.61. The van der Waals surface area contributed by atoms with Crippen LogP contribution in [-0.2, 0) is 9.59 Å². The number of imide groups is 1. The van der Waals surface area contributed by atoms with Gasteiger partial charge in [0.05, 0.1) is 22.4 Å². The van der Waals surface area contributed by atoms with Crippen LogP contribution in [0, 0.1) is 23.7 Å². The third kappa shape index (κ3) is 4.37. The second-order valence-electron chi connectivity index (χ2n) is 9.65. The molecule has 2 fully saturated rings. The maximum absolute atomic E-state index is 13.7. The molecule has 0 spiro atoms. The molecule has 2 aromatic carbocycles. The van der Waals surface area contributed by atoms with Crippen molar-refractivity contribution >= 4 is 52.4 Å². The molecular formula is C29H21ClN2O6S. The van der Waals surface area contributed by atoms with E-state index in [0.717, 1.165) is 16.4 Å². The van der Waals surface area contributed by atoms with Gasteiger partial charge in [0.2, 0.25) is 0 Å². The number of ether oxygens (including phenoxy) is 1. The van der Waals surface area contributed by atoms with E-state index in [9.17, 15) is 24.0 Å². The van der Waals surface area contributed by atoms with Gasteiger partial charge < -0.3 is 4.74 Å². The number of carbonyl (C=O) groups is 5. The highest BCUT2D eigenvalue weighted by atomic mass is 35.5. The van der Waals surface area contributed by atoms with Gasteiger partial charge in [-0.15, -0.1) is 11.3 Å². The number of hydrogen-bond donors (Lipinski definition) is 0. The van der Waals surface area contributed by atoms with Crippen LogP contribution >= 0.6 is 22.9 Å². The van der Waals surface area contributed by atoms with Crippen LogP contribution in [-0.4, -0.2) is 46.0 Å². The molecule has 3 aliphatic rings. The Bertz CT molecular complexity index is 1500. The van der Waals surface area contributed by atoms with Gasteiger partial charge in [-0.1, -0.05) is 42.0 Å². The highest BCUT2D eigenvalue weighted by molar-refractivity contribution is 7.12. The van der Waals surface area contributed by atoms with Crippen LogP contribution in [0.15, 0.2) is 78.2 Å². The van der Waals surface area contributed by atoms with Gasteiger partial charge in [0.25, 0.3) is 17.7 Å². The quantitative estimate of drug-likeness (QED) is 0.137. The lowest BCUT2D eigenvalue weighted by Crippen LogP contribution is -2.52. The Morgan fingerprint density at radius 1 is 0.923 bits per heavy atom. The minimum atomic E-state index is -0.725. The van der Waals surface area contributed by atoms with Crippen molar-refractivity contribution in [2.24, 2.45) is 23.7 Å². The fourth-order valence-corrected chi connectivity index (χ4v) is 6.44. The van der Waals surface area contributed by atoms with Gasteiger partial charge in [-0.3, -0.25) is 19.2 Å². The van der Waals surface area contributed by atoms with E-state index in [1.165, 1.54) is 47.7 Å². The number of Topliss-reactive ketones (excluding diaryl/α,β-unsaturated/α-hetero) is 1. The first-order valence-electron chi connectivity index (χ1n) is 12.3. The van der Waals surface area contributed by atoms with Crippen LogP contribution in [0.5, 0.6) is 5.75 Å². The molecular weight excluding hydrogens is 540 g/mol. The van der Waals surface area contributed by atoms with Crippen molar-refractivity contribution in [1.82, 2.24) is 10.0 Å². The first-order chi connectivity index (χ1) is 18.8. The molecule has 196 valence electrons. The van der Waals surface area contributed by atoms with Crippen molar-refractivity contribution in [3.63, 3.8) is 0 Å². The second-order valence-corrected chi connectivity index (χ2v) is 11.0. The van der Waals surface area contributed by atoms with Gasteiger partial charge >= 0.3 is 5.97 Å². The summed E-state index contributed by atoms with van der Waals surface area (Å²) >= 11 is 7.52. The fraction of sp³-hybridized carbons (Fsp3) is 0.207. The van der Waals surface area contributed by atoms with Crippen molar-refractivity contribution < 1.29 is 28.7 Å². The average Bonchev–Trinajstić information content (AvgIpc) is 3.74. The smallest absolute Gasteiger partial charge is 0.353 e. The molecule has 39 heavy (non-hydrogen) atoms. The van der Waals surface area contributed by atoms with Crippen molar-refractivity contribution in [3.8, 4) is 5.75 Å². The maximum atomic E-state index is 13.7. The molecule has 3 amide bonds. The zero-order chi connectivity index (χ0) is 27.3. The number of rotatable bonds is 7. The van der Waals surface area contributed by atoms with Crippen LogP contribution in [0.25, 0.3) is 0 Å². The lowest BCUT2D eigenvalue weighted by molar-refractivity contribution is -0.154. The van der Waals surface area contributed by atoms with Crippen LogP contribution in [0.2, 0.25) is 5.02 Å². The van der Waals surface area contributed by atoms with E-state index < -0.39 is 47.9 Å². The van der Waals surface area contributed by atoms with E-state index >= 15 is 0 Å². The topological polar surface area (TPSA) is 101 Å². The number of amides is 3. The molecule has 2 bridgehead atoms. The number of carbonyl (C=O) groups excluding carboxylic acids is 5. The summed E-state index contributed by atoms with van der Waals surface area (Å²) in [5, 5.41) is 3.66. The molecule has 2 heterocycles. The Hall–Kier alpha value is -4.08. The molecule has 6 rings (SSSR count). The molecule has 1 saturated heterocycles. The molecule has 1 aromatic heterocycles. The zero-order valence-corrected chi connectivity index (χ0v) is 21.9. The number of thiophene rings is 1. The SMILES string of the molecule is O=C(CN(C(=O)c1ccccc1Cl)N1C(=O)[C@@H]2[C@H](C1=O)[C@@H]1C=C[C@H]2C1)c1ccc(OC(=O)c2cccs2)cc1. The molecule has 10 heteroatoms. The Balaban J connectivity index is 1.26. The highest BCUT2D eigenvalue weighted by Crippen LogP contribution is 2.52. The lowest BCUT2D eigenvalue weighted by atomic mass is 9.85. The summed E-state index contributed by atoms with van der Waals surface area (Å²) in [5.74, 6) is -3.66. The summed E-state index contributed by atoms with van der Waals surface area (Å²) in [5.41, 5.74) is 0.283. The number of halogens is 1. The van der Waals surface area contributed by atoms with E-state index in [-0.39, 0.29) is 33.7 Å². The van der Waals surface area contributed by atoms with Crippen molar-refractivity contribution in [2.45, 2.75) is 6.42 Å². The number of hydrogen-bond acceptors (Lipinski definition) is 7. The van der Waals surface area contributed by atoms with Crippen molar-refractivity contribution in [2.75, 3.05) is 6.54 Å². The first-order valence-corrected chi connectivity index (χ1v) is 13.6. The summed E-state index contributed by atoms with van der Waals surface area (Å²) in [4.78, 5) is 66.7. The molecule has 1 saturated carbocycles. The third-order valence-corrected chi connectivity index (χ3v) is 8.61. The molecule has 0 radical (unpaired) electrons. The predicted octanol–water partition coefficient (Wildman–Crippen LogP) is 4.67. The zero-order valence-electron chi connectivity index (χ0n) is 20.4. The van der Waals surface area contributed by atoms with E-state index in [1.54, 1.807) is 29.6 Å². The molecule has 2 aliphatic carbocycles. The van der Waals surface area contributed by atoms with Crippen molar-refractivity contribution in [1.29, 1.82) is 0 Å². The Labute approximate surface area is 232 Å². The van der Waals surface area contributed by atoms with Gasteiger partial charge in [0.1, 0.15) is 17.2 Å². The minimum Gasteiger partial charge on any atom is -0.422 e. The normalized spacial score (nSPS) is 22.7. The number of ketones is 1. The lowest BCUT2D eigenvalue weighted by Gasteiger charge is -2.31. The molecule has 1 aliphatic heterocycles. The van der Waals surface area contributed by atoms with Gasteiger partial charge in [-0.25, -0.2) is 9.80 Å². The Kier molecular flexibility index (Phi) is 6.40. The summed E-state index contributed by atoms with van der Waals surface area (Å²) in [6.07, 6.45) is 4.65. The summed E-state index contributed by atoms with van der Waals surface area (Å²) < 4.78 is 5.34. The molecule has 8 nitrogen and oxygen atoms in total. The molecule has 4 atom stereocenters. The van der Waals surface area contributed by atoms with Gasteiger partial charge in [-0.2, -0.15) is 5.01 Å². The summed E-state index contributed by atoms with van der Waals surface area (Å²) in [6.45, 7) is -0.557. The number of fused-ring (bicyclic) bond motifs is 5.